The highest BCUT2D eigenvalue weighted by Gasteiger charge is 2.09. The Morgan fingerprint density at radius 3 is 2.60 bits per heavy atom. The standard InChI is InChI=1S/C19H23ClFNO3/c1-22(10-11-25-18-8-6-16(20)7-9-18)12-17(23)14-24-13-15-4-2-3-5-19(15)21/h2-9,17,23H,10-14H2,1H3. The van der Waals surface area contributed by atoms with Crippen LogP contribution < -0.4 is 4.74 Å². The van der Waals surface area contributed by atoms with Crippen molar-refractivity contribution in [2.24, 2.45) is 0 Å². The van der Waals surface area contributed by atoms with Crippen molar-refractivity contribution in [3.05, 3.63) is 64.9 Å². The molecule has 1 atom stereocenters. The van der Waals surface area contributed by atoms with Gasteiger partial charge in [0.2, 0.25) is 0 Å². The van der Waals surface area contributed by atoms with Gasteiger partial charge in [0.25, 0.3) is 0 Å². The molecule has 0 saturated carbocycles. The lowest BCUT2D eigenvalue weighted by molar-refractivity contribution is 0.0116. The summed E-state index contributed by atoms with van der Waals surface area (Å²) in [5.41, 5.74) is 0.486. The van der Waals surface area contributed by atoms with Gasteiger partial charge in [0.15, 0.2) is 0 Å². The first-order chi connectivity index (χ1) is 12.0. The SMILES string of the molecule is CN(CCOc1ccc(Cl)cc1)CC(O)COCc1ccccc1F. The molecule has 0 spiro atoms. The van der Waals surface area contributed by atoms with E-state index in [0.29, 0.717) is 30.3 Å². The molecule has 0 radical (unpaired) electrons. The molecule has 0 bridgehead atoms. The maximum Gasteiger partial charge on any atom is 0.128 e. The van der Waals surface area contributed by atoms with Gasteiger partial charge in [-0.05, 0) is 37.4 Å². The maximum absolute atomic E-state index is 13.5. The third-order valence-electron chi connectivity index (χ3n) is 3.60. The molecule has 0 aliphatic rings. The van der Waals surface area contributed by atoms with Crippen LogP contribution in [0.1, 0.15) is 5.56 Å². The van der Waals surface area contributed by atoms with Gasteiger partial charge in [0, 0.05) is 23.7 Å². The molecule has 0 fully saturated rings. The van der Waals surface area contributed by atoms with Crippen molar-refractivity contribution in [3.63, 3.8) is 0 Å². The zero-order valence-electron chi connectivity index (χ0n) is 14.2. The quantitative estimate of drug-likeness (QED) is 0.699. The van der Waals surface area contributed by atoms with Gasteiger partial charge in [-0.15, -0.1) is 0 Å². The lowest BCUT2D eigenvalue weighted by Crippen LogP contribution is -2.34. The number of nitrogens with zero attached hydrogens (tertiary/aromatic N) is 1. The second-order valence-electron chi connectivity index (χ2n) is 5.82. The number of aliphatic hydroxyl groups is 1. The van der Waals surface area contributed by atoms with Crippen LogP contribution in [0.4, 0.5) is 4.39 Å². The van der Waals surface area contributed by atoms with Crippen molar-refractivity contribution >= 4 is 11.6 Å². The van der Waals surface area contributed by atoms with Crippen molar-refractivity contribution in [1.29, 1.82) is 0 Å². The molecule has 4 nitrogen and oxygen atoms in total. The van der Waals surface area contributed by atoms with E-state index in [9.17, 15) is 9.50 Å². The van der Waals surface area contributed by atoms with Crippen LogP contribution in [-0.4, -0.2) is 49.5 Å². The number of hydrogen-bond donors (Lipinski definition) is 1. The molecular formula is C19H23ClFNO3. The fourth-order valence-electron chi connectivity index (χ4n) is 2.27. The molecule has 2 rings (SSSR count). The molecule has 2 aromatic rings. The van der Waals surface area contributed by atoms with Gasteiger partial charge >= 0.3 is 0 Å². The second kappa shape index (κ2) is 10.4. The minimum Gasteiger partial charge on any atom is -0.492 e. The third-order valence-corrected chi connectivity index (χ3v) is 3.86. The minimum absolute atomic E-state index is 0.146. The van der Waals surface area contributed by atoms with Crippen LogP contribution in [-0.2, 0) is 11.3 Å². The summed E-state index contributed by atoms with van der Waals surface area (Å²) in [7, 11) is 1.89. The molecule has 1 unspecified atom stereocenters. The first-order valence-electron chi connectivity index (χ1n) is 8.10. The lowest BCUT2D eigenvalue weighted by atomic mass is 10.2. The highest BCUT2D eigenvalue weighted by molar-refractivity contribution is 6.30. The molecule has 0 amide bonds. The molecule has 0 aliphatic heterocycles. The fourth-order valence-corrected chi connectivity index (χ4v) is 2.40. The largest absolute Gasteiger partial charge is 0.492 e. The summed E-state index contributed by atoms with van der Waals surface area (Å²) in [4.78, 5) is 1.95. The molecule has 136 valence electrons. The van der Waals surface area contributed by atoms with Crippen LogP contribution in [0.25, 0.3) is 0 Å². The molecular weight excluding hydrogens is 345 g/mol. The van der Waals surface area contributed by atoms with Crippen molar-refractivity contribution < 1.29 is 19.0 Å². The van der Waals surface area contributed by atoms with Crippen LogP contribution >= 0.6 is 11.6 Å². The molecule has 0 saturated heterocycles. The summed E-state index contributed by atoms with van der Waals surface area (Å²) in [5, 5.41) is 10.7. The molecule has 0 aromatic heterocycles. The number of ether oxygens (including phenoxy) is 2. The first-order valence-corrected chi connectivity index (χ1v) is 8.48. The smallest absolute Gasteiger partial charge is 0.128 e. The molecule has 25 heavy (non-hydrogen) atoms. The van der Waals surface area contributed by atoms with Gasteiger partial charge in [0.1, 0.15) is 18.2 Å². The van der Waals surface area contributed by atoms with E-state index >= 15 is 0 Å². The van der Waals surface area contributed by atoms with E-state index in [2.05, 4.69) is 0 Å². The summed E-state index contributed by atoms with van der Waals surface area (Å²) in [5.74, 6) is 0.458. The maximum atomic E-state index is 13.5. The summed E-state index contributed by atoms with van der Waals surface area (Å²) < 4.78 is 24.5. The van der Waals surface area contributed by atoms with E-state index in [0.717, 1.165) is 5.75 Å². The Morgan fingerprint density at radius 2 is 1.88 bits per heavy atom. The first kappa shape index (κ1) is 19.7. The van der Waals surface area contributed by atoms with Crippen molar-refractivity contribution in [2.45, 2.75) is 12.7 Å². The highest BCUT2D eigenvalue weighted by atomic mass is 35.5. The average Bonchev–Trinajstić information content (AvgIpc) is 2.58. The van der Waals surface area contributed by atoms with Crippen LogP contribution in [0.3, 0.4) is 0 Å². The molecule has 0 aliphatic carbocycles. The Morgan fingerprint density at radius 1 is 1.16 bits per heavy atom. The van der Waals surface area contributed by atoms with Gasteiger partial charge in [-0.1, -0.05) is 29.8 Å². The number of benzene rings is 2. The highest BCUT2D eigenvalue weighted by Crippen LogP contribution is 2.15. The van der Waals surface area contributed by atoms with Crippen LogP contribution in [0.5, 0.6) is 5.75 Å². The summed E-state index contributed by atoms with van der Waals surface area (Å²) in [6, 6.07) is 13.6. The van der Waals surface area contributed by atoms with Gasteiger partial charge < -0.3 is 19.5 Å². The van der Waals surface area contributed by atoms with E-state index in [1.807, 2.05) is 24.1 Å². The number of likely N-dealkylation sites (N-methyl/N-ethyl adjacent to an activating group) is 1. The van der Waals surface area contributed by atoms with E-state index in [-0.39, 0.29) is 19.0 Å². The lowest BCUT2D eigenvalue weighted by Gasteiger charge is -2.20. The zero-order chi connectivity index (χ0) is 18.1. The number of hydrogen-bond acceptors (Lipinski definition) is 4. The van der Waals surface area contributed by atoms with Crippen molar-refractivity contribution in [3.8, 4) is 5.75 Å². The van der Waals surface area contributed by atoms with E-state index in [1.165, 1.54) is 6.07 Å². The van der Waals surface area contributed by atoms with Crippen LogP contribution in [0, 0.1) is 5.82 Å². The second-order valence-corrected chi connectivity index (χ2v) is 6.26. The summed E-state index contributed by atoms with van der Waals surface area (Å²) >= 11 is 5.82. The van der Waals surface area contributed by atoms with E-state index in [1.54, 1.807) is 30.3 Å². The van der Waals surface area contributed by atoms with Gasteiger partial charge in [-0.25, -0.2) is 4.39 Å². The zero-order valence-corrected chi connectivity index (χ0v) is 15.0. The number of halogens is 2. The Kier molecular flexibility index (Phi) is 8.15. The van der Waals surface area contributed by atoms with Gasteiger partial charge in [-0.2, -0.15) is 0 Å². The minimum atomic E-state index is -0.646. The Bertz CT molecular complexity index is 639. The Balaban J connectivity index is 1.60. The number of rotatable bonds is 10. The van der Waals surface area contributed by atoms with Crippen molar-refractivity contribution in [1.82, 2.24) is 4.90 Å². The predicted octanol–water partition coefficient (Wildman–Crippen LogP) is 3.37. The fraction of sp³-hybridized carbons (Fsp3) is 0.368. The Hall–Kier alpha value is -1.66. The predicted molar refractivity (Wildman–Crippen MR) is 96.5 cm³/mol. The normalized spacial score (nSPS) is 12.4. The summed E-state index contributed by atoms with van der Waals surface area (Å²) in [6.07, 6.45) is -0.646. The average molecular weight is 368 g/mol. The van der Waals surface area contributed by atoms with Gasteiger partial charge in [0.05, 0.1) is 19.3 Å². The summed E-state index contributed by atoms with van der Waals surface area (Å²) in [6.45, 7) is 1.90. The molecule has 6 heteroatoms. The van der Waals surface area contributed by atoms with E-state index < -0.39 is 6.10 Å². The molecule has 0 heterocycles. The molecule has 1 N–H and O–H groups in total. The van der Waals surface area contributed by atoms with E-state index in [4.69, 9.17) is 21.1 Å². The monoisotopic (exact) mass is 367 g/mol. The van der Waals surface area contributed by atoms with Crippen LogP contribution in [0.2, 0.25) is 5.02 Å². The Labute approximate surface area is 152 Å². The van der Waals surface area contributed by atoms with Gasteiger partial charge in [-0.3, -0.25) is 0 Å². The molecule has 2 aromatic carbocycles. The third kappa shape index (κ3) is 7.40. The van der Waals surface area contributed by atoms with Crippen LogP contribution in [0.15, 0.2) is 48.5 Å². The number of aliphatic hydroxyl groups excluding tert-OH is 1. The topological polar surface area (TPSA) is 41.9 Å². The van der Waals surface area contributed by atoms with Crippen molar-refractivity contribution in [2.75, 3.05) is 33.4 Å².